The molecule has 2 N–H and O–H groups in total. The number of ether oxygens (including phenoxy) is 3. The van der Waals surface area contributed by atoms with Crippen LogP contribution in [0, 0.1) is 10.1 Å². The van der Waals surface area contributed by atoms with E-state index in [4.69, 9.17) is 14.2 Å². The summed E-state index contributed by atoms with van der Waals surface area (Å²) in [6, 6.07) is 12.4. The van der Waals surface area contributed by atoms with Gasteiger partial charge in [0.15, 0.2) is 0 Å². The second-order valence-corrected chi connectivity index (χ2v) is 7.94. The van der Waals surface area contributed by atoms with Crippen molar-refractivity contribution in [2.75, 3.05) is 51.9 Å². The van der Waals surface area contributed by atoms with Gasteiger partial charge in [0.2, 0.25) is 0 Å². The zero-order valence-electron chi connectivity index (χ0n) is 19.1. The molecular weight excluding hydrogens is 426 g/mol. The molecule has 1 amide bonds. The number of carbonyl (C=O) groups excluding carboxylic acids is 1. The minimum Gasteiger partial charge on any atom is -0.494 e. The predicted molar refractivity (Wildman–Crippen MR) is 125 cm³/mol. The van der Waals surface area contributed by atoms with Gasteiger partial charge in [-0.15, -0.1) is 0 Å². The third-order valence-electron chi connectivity index (χ3n) is 5.89. The zero-order valence-corrected chi connectivity index (χ0v) is 19.1. The first-order valence-electron chi connectivity index (χ1n) is 11.1. The lowest BCUT2D eigenvalue weighted by Crippen LogP contribution is -2.44. The summed E-state index contributed by atoms with van der Waals surface area (Å²) in [6.45, 7) is 5.00. The van der Waals surface area contributed by atoms with E-state index in [1.807, 2.05) is 31.2 Å². The highest BCUT2D eigenvalue weighted by Crippen LogP contribution is 2.35. The molecule has 0 atom stereocenters. The number of nitro benzene ring substituents is 1. The Bertz CT molecular complexity index is 942. The number of nitrogens with one attached hydrogen (secondary N) is 2. The van der Waals surface area contributed by atoms with Gasteiger partial charge in [0.1, 0.15) is 11.4 Å². The number of carbonyl (C=O) groups is 1. The minimum atomic E-state index is -0.494. The van der Waals surface area contributed by atoms with Crippen molar-refractivity contribution in [3.8, 4) is 5.75 Å². The first-order valence-corrected chi connectivity index (χ1v) is 11.1. The average molecular weight is 458 g/mol. The summed E-state index contributed by atoms with van der Waals surface area (Å²) in [6.07, 6.45) is 1.54. The largest absolute Gasteiger partial charge is 0.494 e. The fraction of sp³-hybridized carbons (Fsp3) is 0.458. The van der Waals surface area contributed by atoms with E-state index in [1.165, 1.54) is 6.07 Å². The Balaban J connectivity index is 1.75. The topological polar surface area (TPSA) is 112 Å². The quantitative estimate of drug-likeness (QED) is 0.302. The molecule has 1 saturated heterocycles. The normalized spacial score (nSPS) is 15.0. The van der Waals surface area contributed by atoms with Gasteiger partial charge >= 0.3 is 0 Å². The minimum absolute atomic E-state index is 0.147. The van der Waals surface area contributed by atoms with E-state index in [2.05, 4.69) is 10.6 Å². The Morgan fingerprint density at radius 3 is 2.55 bits per heavy atom. The maximum absolute atomic E-state index is 12.9. The Kier molecular flexibility index (Phi) is 8.62. The third-order valence-corrected chi connectivity index (χ3v) is 5.89. The van der Waals surface area contributed by atoms with Crippen LogP contribution in [0.5, 0.6) is 5.75 Å². The number of nitro groups is 1. The van der Waals surface area contributed by atoms with E-state index < -0.39 is 4.92 Å². The number of nitrogens with zero attached hydrogens (tertiary/aromatic N) is 1. The van der Waals surface area contributed by atoms with Crippen molar-refractivity contribution in [3.05, 3.63) is 63.7 Å². The molecule has 9 heteroatoms. The second kappa shape index (κ2) is 11.6. The molecule has 0 aliphatic carbocycles. The third kappa shape index (κ3) is 6.21. The molecule has 1 heterocycles. The standard InChI is InChI=1S/C24H31N3O6/c1-3-33-20-7-5-19(6-8-20)24(10-13-32-14-11-24)17-26-23(28)18-4-9-21(25-12-15-31-2)22(16-18)27(29)30/h4-9,16,25H,3,10-15,17H2,1-2H3,(H,26,28). The lowest BCUT2D eigenvalue weighted by Gasteiger charge is -2.38. The molecule has 0 spiro atoms. The number of benzene rings is 2. The van der Waals surface area contributed by atoms with Crippen molar-refractivity contribution in [3.63, 3.8) is 0 Å². The van der Waals surface area contributed by atoms with E-state index in [0.717, 1.165) is 24.2 Å². The first-order chi connectivity index (χ1) is 16.0. The monoisotopic (exact) mass is 457 g/mol. The number of hydrogen-bond acceptors (Lipinski definition) is 7. The molecule has 0 bridgehead atoms. The van der Waals surface area contributed by atoms with Gasteiger partial charge in [-0.05, 0) is 49.6 Å². The molecule has 0 unspecified atom stereocenters. The van der Waals surface area contributed by atoms with Crippen molar-refractivity contribution in [1.82, 2.24) is 5.32 Å². The molecule has 178 valence electrons. The van der Waals surface area contributed by atoms with E-state index in [-0.39, 0.29) is 22.6 Å². The Hall–Kier alpha value is -3.17. The molecule has 2 aromatic carbocycles. The van der Waals surface area contributed by atoms with Gasteiger partial charge in [-0.1, -0.05) is 12.1 Å². The molecule has 3 rings (SSSR count). The van der Waals surface area contributed by atoms with Crippen molar-refractivity contribution >= 4 is 17.3 Å². The van der Waals surface area contributed by atoms with Crippen molar-refractivity contribution in [2.45, 2.75) is 25.2 Å². The Morgan fingerprint density at radius 2 is 1.91 bits per heavy atom. The van der Waals surface area contributed by atoms with Gasteiger partial charge in [-0.25, -0.2) is 0 Å². The molecule has 0 radical (unpaired) electrons. The van der Waals surface area contributed by atoms with Gasteiger partial charge in [0, 0.05) is 50.5 Å². The van der Waals surface area contributed by atoms with Gasteiger partial charge in [-0.2, -0.15) is 0 Å². The van der Waals surface area contributed by atoms with Crippen LogP contribution in [0.15, 0.2) is 42.5 Å². The highest BCUT2D eigenvalue weighted by atomic mass is 16.6. The summed E-state index contributed by atoms with van der Waals surface area (Å²) in [5.41, 5.74) is 1.28. The molecule has 0 saturated carbocycles. The number of hydrogen-bond donors (Lipinski definition) is 2. The van der Waals surface area contributed by atoms with Crippen LogP contribution < -0.4 is 15.4 Å². The summed E-state index contributed by atoms with van der Waals surface area (Å²) in [5.74, 6) is 0.456. The molecule has 1 aliphatic rings. The van der Waals surface area contributed by atoms with E-state index in [1.54, 1.807) is 19.2 Å². The van der Waals surface area contributed by atoms with E-state index >= 15 is 0 Å². The highest BCUT2D eigenvalue weighted by molar-refractivity contribution is 5.95. The molecule has 33 heavy (non-hydrogen) atoms. The summed E-state index contributed by atoms with van der Waals surface area (Å²) in [4.78, 5) is 24.0. The van der Waals surface area contributed by atoms with Crippen molar-refractivity contribution in [2.24, 2.45) is 0 Å². The predicted octanol–water partition coefficient (Wildman–Crippen LogP) is 3.53. The summed E-state index contributed by atoms with van der Waals surface area (Å²) < 4.78 is 16.1. The van der Waals surface area contributed by atoms with Gasteiger partial charge in [0.05, 0.1) is 18.1 Å². The van der Waals surface area contributed by atoms with Crippen LogP contribution >= 0.6 is 0 Å². The van der Waals surface area contributed by atoms with Crippen LogP contribution in [0.1, 0.15) is 35.7 Å². The Morgan fingerprint density at radius 1 is 1.18 bits per heavy atom. The highest BCUT2D eigenvalue weighted by Gasteiger charge is 2.35. The van der Waals surface area contributed by atoms with E-state index in [9.17, 15) is 14.9 Å². The molecule has 1 fully saturated rings. The summed E-state index contributed by atoms with van der Waals surface area (Å²) >= 11 is 0. The summed E-state index contributed by atoms with van der Waals surface area (Å²) in [5, 5.41) is 17.5. The van der Waals surface area contributed by atoms with Crippen LogP contribution in [0.25, 0.3) is 0 Å². The number of amides is 1. The van der Waals surface area contributed by atoms with Crippen LogP contribution in [0.3, 0.4) is 0 Å². The van der Waals surface area contributed by atoms with Gasteiger partial charge in [-0.3, -0.25) is 14.9 Å². The van der Waals surface area contributed by atoms with Gasteiger partial charge < -0.3 is 24.8 Å². The fourth-order valence-electron chi connectivity index (χ4n) is 4.01. The molecule has 1 aliphatic heterocycles. The fourth-order valence-corrected chi connectivity index (χ4v) is 4.01. The van der Waals surface area contributed by atoms with Crippen LogP contribution in [-0.2, 0) is 14.9 Å². The van der Waals surface area contributed by atoms with Crippen molar-refractivity contribution < 1.29 is 23.9 Å². The van der Waals surface area contributed by atoms with Gasteiger partial charge in [0.25, 0.3) is 11.6 Å². The molecule has 9 nitrogen and oxygen atoms in total. The number of rotatable bonds is 11. The van der Waals surface area contributed by atoms with Crippen LogP contribution in [0.2, 0.25) is 0 Å². The lowest BCUT2D eigenvalue weighted by molar-refractivity contribution is -0.384. The molecule has 2 aromatic rings. The lowest BCUT2D eigenvalue weighted by atomic mass is 9.74. The number of methoxy groups -OCH3 is 1. The maximum Gasteiger partial charge on any atom is 0.293 e. The van der Waals surface area contributed by atoms with E-state index in [0.29, 0.717) is 45.2 Å². The summed E-state index contributed by atoms with van der Waals surface area (Å²) in [7, 11) is 1.56. The van der Waals surface area contributed by atoms with Crippen molar-refractivity contribution in [1.29, 1.82) is 0 Å². The number of anilines is 1. The maximum atomic E-state index is 12.9. The molecular formula is C24H31N3O6. The SMILES string of the molecule is CCOc1ccc(C2(CNC(=O)c3ccc(NCCOC)c([N+](=O)[O-])c3)CCOCC2)cc1. The average Bonchev–Trinajstić information content (AvgIpc) is 2.84. The first kappa shape index (κ1) is 24.5. The van der Waals surface area contributed by atoms with Crippen LogP contribution in [-0.4, -0.2) is 57.5 Å². The second-order valence-electron chi connectivity index (χ2n) is 7.94. The Labute approximate surface area is 193 Å². The zero-order chi connectivity index (χ0) is 23.7. The van der Waals surface area contributed by atoms with Crippen LogP contribution in [0.4, 0.5) is 11.4 Å². The molecule has 0 aromatic heterocycles. The smallest absolute Gasteiger partial charge is 0.293 e.